The van der Waals surface area contributed by atoms with Gasteiger partial charge in [0, 0.05) is 11.6 Å². The van der Waals surface area contributed by atoms with E-state index in [1.165, 1.54) is 48.5 Å². The Bertz CT molecular complexity index is 1010. The van der Waals surface area contributed by atoms with Crippen LogP contribution in [0.5, 0.6) is 0 Å². The van der Waals surface area contributed by atoms with Crippen LogP contribution in [0.2, 0.25) is 10.0 Å². The monoisotopic (exact) mass is 442 g/mol. The molecule has 0 heterocycles. The lowest BCUT2D eigenvalue weighted by Gasteiger charge is -2.13. The van der Waals surface area contributed by atoms with E-state index in [-0.39, 0.29) is 32.7 Å². The molecule has 0 spiro atoms. The van der Waals surface area contributed by atoms with Crippen LogP contribution in [0.1, 0.15) is 10.4 Å². The summed E-state index contributed by atoms with van der Waals surface area (Å²) in [5.41, 5.74) is -0.101. The predicted octanol–water partition coefficient (Wildman–Crippen LogP) is 3.25. The largest absolute Gasteiger partial charge is 0.452 e. The third kappa shape index (κ3) is 5.72. The number of anilines is 1. The normalized spacial score (nSPS) is 10.8. The van der Waals surface area contributed by atoms with Gasteiger partial charge in [0.05, 0.1) is 16.3 Å². The van der Waals surface area contributed by atoms with E-state index >= 15 is 0 Å². The van der Waals surface area contributed by atoms with Gasteiger partial charge in [-0.25, -0.2) is 13.2 Å². The molecule has 0 saturated carbocycles. The number of ether oxygens (including phenoxy) is 1. The number of nitrogens with one attached hydrogen (secondary N) is 2. The highest BCUT2D eigenvalue weighted by Gasteiger charge is 2.22. The van der Waals surface area contributed by atoms with Gasteiger partial charge < -0.3 is 10.1 Å². The molecule has 0 bridgehead atoms. The first-order valence-corrected chi connectivity index (χ1v) is 10.1. The van der Waals surface area contributed by atoms with E-state index in [0.29, 0.717) is 0 Å². The van der Waals surface area contributed by atoms with Crippen molar-refractivity contribution in [3.8, 4) is 0 Å². The summed E-state index contributed by atoms with van der Waals surface area (Å²) in [4.78, 5) is 23.6. The molecule has 0 aliphatic rings. The summed E-state index contributed by atoms with van der Waals surface area (Å²) in [6, 6.07) is 9.79. The number of carbonyl (C=O) groups is 2. The molecule has 2 rings (SSSR count). The Morgan fingerprint density at radius 1 is 1.14 bits per heavy atom. The summed E-state index contributed by atoms with van der Waals surface area (Å²) in [5.74, 6) is -1.39. The summed E-state index contributed by atoms with van der Waals surface area (Å²) in [5, 5.41) is 2.60. The number of para-hydroxylation sites is 1. The second kappa shape index (κ2) is 9.59. The first-order valence-electron chi connectivity index (χ1n) is 7.86. The van der Waals surface area contributed by atoms with Gasteiger partial charge in [-0.05, 0) is 30.3 Å². The van der Waals surface area contributed by atoms with Crippen LogP contribution in [0.25, 0.3) is 0 Å². The zero-order chi connectivity index (χ0) is 20.7. The van der Waals surface area contributed by atoms with Gasteiger partial charge in [-0.3, -0.25) is 9.52 Å². The Kier molecular flexibility index (Phi) is 7.45. The number of hydrogen-bond donors (Lipinski definition) is 2. The first kappa shape index (κ1) is 21.7. The van der Waals surface area contributed by atoms with Crippen molar-refractivity contribution in [2.45, 2.75) is 4.90 Å². The highest BCUT2D eigenvalue weighted by Crippen LogP contribution is 2.28. The van der Waals surface area contributed by atoms with Gasteiger partial charge in [0.2, 0.25) is 0 Å². The lowest BCUT2D eigenvalue weighted by molar-refractivity contribution is -0.124. The number of halogens is 2. The molecule has 0 unspecified atom stereocenters. The fourth-order valence-corrected chi connectivity index (χ4v) is 3.92. The average molecular weight is 443 g/mol. The van der Waals surface area contributed by atoms with E-state index in [0.717, 1.165) is 0 Å². The van der Waals surface area contributed by atoms with Crippen molar-refractivity contribution in [3.05, 3.63) is 70.7 Å². The molecule has 0 saturated heterocycles. The minimum atomic E-state index is -4.13. The summed E-state index contributed by atoms with van der Waals surface area (Å²) in [7, 11) is -4.13. The molecular formula is C18H16Cl2N2O5S. The van der Waals surface area contributed by atoms with Gasteiger partial charge >= 0.3 is 5.97 Å². The smallest absolute Gasteiger partial charge is 0.340 e. The van der Waals surface area contributed by atoms with E-state index < -0.39 is 28.5 Å². The Hall–Kier alpha value is -2.55. The van der Waals surface area contributed by atoms with Crippen molar-refractivity contribution < 1.29 is 22.7 Å². The van der Waals surface area contributed by atoms with Crippen LogP contribution < -0.4 is 10.0 Å². The van der Waals surface area contributed by atoms with E-state index in [9.17, 15) is 18.0 Å². The lowest BCUT2D eigenvalue weighted by Crippen LogP contribution is -2.29. The van der Waals surface area contributed by atoms with E-state index in [4.69, 9.17) is 27.9 Å². The minimum absolute atomic E-state index is 0.0316. The van der Waals surface area contributed by atoms with Gasteiger partial charge in [0.15, 0.2) is 6.61 Å². The summed E-state index contributed by atoms with van der Waals surface area (Å²) in [6.07, 6.45) is 1.48. The van der Waals surface area contributed by atoms with E-state index in [1.807, 2.05) is 0 Å². The molecule has 0 aliphatic carbocycles. The quantitative estimate of drug-likeness (QED) is 0.482. The van der Waals surface area contributed by atoms with Crippen molar-refractivity contribution in [1.29, 1.82) is 0 Å². The zero-order valence-corrected chi connectivity index (χ0v) is 16.8. The highest BCUT2D eigenvalue weighted by molar-refractivity contribution is 7.92. The molecule has 0 radical (unpaired) electrons. The molecule has 148 valence electrons. The minimum Gasteiger partial charge on any atom is -0.452 e. The molecule has 2 aromatic rings. The maximum atomic E-state index is 12.7. The Morgan fingerprint density at radius 2 is 1.86 bits per heavy atom. The number of rotatable bonds is 8. The van der Waals surface area contributed by atoms with Crippen molar-refractivity contribution in [2.75, 3.05) is 17.9 Å². The van der Waals surface area contributed by atoms with Crippen LogP contribution >= 0.6 is 23.2 Å². The lowest BCUT2D eigenvalue weighted by atomic mass is 10.2. The molecule has 0 atom stereocenters. The average Bonchev–Trinajstić information content (AvgIpc) is 2.66. The molecule has 28 heavy (non-hydrogen) atoms. The molecule has 7 nitrogen and oxygen atoms in total. The third-order valence-corrected chi connectivity index (χ3v) is 5.43. The second-order valence-corrected chi connectivity index (χ2v) is 7.89. The maximum Gasteiger partial charge on any atom is 0.340 e. The SMILES string of the molecule is C=CCNC(=O)COC(=O)c1ccccc1NS(=O)(=O)c1cc(Cl)ccc1Cl. The van der Waals surface area contributed by atoms with Gasteiger partial charge in [0.1, 0.15) is 4.90 Å². The standard InChI is InChI=1S/C18H16Cl2N2O5S/c1-2-9-21-17(23)11-27-18(24)13-5-3-4-6-15(13)22-28(25,26)16-10-12(19)7-8-14(16)20/h2-8,10,22H,1,9,11H2,(H,21,23). The van der Waals surface area contributed by atoms with Crippen molar-refractivity contribution in [2.24, 2.45) is 0 Å². The van der Waals surface area contributed by atoms with Crippen LogP contribution in [0.15, 0.2) is 60.0 Å². The van der Waals surface area contributed by atoms with Gasteiger partial charge in [-0.1, -0.05) is 41.4 Å². The van der Waals surface area contributed by atoms with Crippen LogP contribution in [0, 0.1) is 0 Å². The topological polar surface area (TPSA) is 102 Å². The summed E-state index contributed by atoms with van der Waals surface area (Å²) >= 11 is 11.8. The first-order chi connectivity index (χ1) is 13.2. The Morgan fingerprint density at radius 3 is 2.57 bits per heavy atom. The summed E-state index contributed by atoms with van der Waals surface area (Å²) in [6.45, 7) is 3.16. The molecule has 1 amide bonds. The number of esters is 1. The van der Waals surface area contributed by atoms with Crippen molar-refractivity contribution in [1.82, 2.24) is 5.32 Å². The number of hydrogen-bond acceptors (Lipinski definition) is 5. The van der Waals surface area contributed by atoms with Crippen molar-refractivity contribution >= 4 is 50.8 Å². The molecule has 0 fully saturated rings. The maximum absolute atomic E-state index is 12.7. The molecule has 10 heteroatoms. The number of carbonyl (C=O) groups excluding carboxylic acids is 2. The Labute approximate surface area is 172 Å². The number of sulfonamides is 1. The highest BCUT2D eigenvalue weighted by atomic mass is 35.5. The molecule has 2 aromatic carbocycles. The predicted molar refractivity (Wildman–Crippen MR) is 107 cm³/mol. The van der Waals surface area contributed by atoms with Gasteiger partial charge in [0.25, 0.3) is 15.9 Å². The fourth-order valence-electron chi connectivity index (χ4n) is 2.08. The zero-order valence-electron chi connectivity index (χ0n) is 14.4. The summed E-state index contributed by atoms with van der Waals surface area (Å²) < 4.78 is 32.5. The Balaban J connectivity index is 2.21. The third-order valence-electron chi connectivity index (χ3n) is 3.35. The molecule has 2 N–H and O–H groups in total. The number of amides is 1. The van der Waals surface area contributed by atoms with Crippen LogP contribution in [-0.4, -0.2) is 33.4 Å². The fraction of sp³-hybridized carbons (Fsp3) is 0.111. The van der Waals surface area contributed by atoms with E-state index in [2.05, 4.69) is 16.6 Å². The molecule has 0 aromatic heterocycles. The molecule has 0 aliphatic heterocycles. The van der Waals surface area contributed by atoms with Crippen LogP contribution in [0.4, 0.5) is 5.69 Å². The number of benzene rings is 2. The van der Waals surface area contributed by atoms with Crippen molar-refractivity contribution in [3.63, 3.8) is 0 Å². The van der Waals surface area contributed by atoms with Gasteiger partial charge in [-0.2, -0.15) is 0 Å². The van der Waals surface area contributed by atoms with Gasteiger partial charge in [-0.15, -0.1) is 6.58 Å². The van der Waals surface area contributed by atoms with E-state index in [1.54, 1.807) is 0 Å². The second-order valence-electron chi connectivity index (χ2n) is 5.39. The van der Waals surface area contributed by atoms with Crippen LogP contribution in [-0.2, 0) is 19.6 Å². The molecular weight excluding hydrogens is 427 g/mol. The van der Waals surface area contributed by atoms with Crippen LogP contribution in [0.3, 0.4) is 0 Å².